The quantitative estimate of drug-likeness (QED) is 0.562. The van der Waals surface area contributed by atoms with Crippen LogP contribution in [-0.2, 0) is 16.6 Å². The molecule has 2 aromatic carbocycles. The van der Waals surface area contributed by atoms with E-state index in [4.69, 9.17) is 23.2 Å². The first-order valence-electron chi connectivity index (χ1n) is 10.8. The number of aliphatic hydroxyl groups excluding tert-OH is 1. The van der Waals surface area contributed by atoms with Crippen LogP contribution in [0.2, 0.25) is 10.0 Å². The zero-order valence-corrected chi connectivity index (χ0v) is 20.9. The summed E-state index contributed by atoms with van der Waals surface area (Å²) in [5.41, 5.74) is 0.917. The molecule has 1 atom stereocenters. The molecule has 176 valence electrons. The number of piperazine rings is 1. The average Bonchev–Trinajstić information content (AvgIpc) is 2.75. The SMILES string of the molecule is C[C@H](CCCN1CCN(C)CC1)N(c1cc(Cl)ccc1CO)S(=O)(=O)c1ccc(Cl)cc1. The van der Waals surface area contributed by atoms with Gasteiger partial charge in [-0.2, -0.15) is 0 Å². The Morgan fingerprint density at radius 3 is 2.28 bits per heavy atom. The van der Waals surface area contributed by atoms with Gasteiger partial charge in [0.1, 0.15) is 0 Å². The van der Waals surface area contributed by atoms with Crippen LogP contribution in [0.5, 0.6) is 0 Å². The summed E-state index contributed by atoms with van der Waals surface area (Å²) < 4.78 is 28.8. The molecule has 0 amide bonds. The molecule has 1 saturated heterocycles. The Balaban J connectivity index is 1.87. The monoisotopic (exact) mass is 499 g/mol. The average molecular weight is 500 g/mol. The van der Waals surface area contributed by atoms with Gasteiger partial charge in [0.2, 0.25) is 0 Å². The van der Waals surface area contributed by atoms with Gasteiger partial charge in [0.05, 0.1) is 17.2 Å². The second-order valence-corrected chi connectivity index (χ2v) is 11.0. The largest absolute Gasteiger partial charge is 0.392 e. The molecule has 0 aliphatic carbocycles. The van der Waals surface area contributed by atoms with Gasteiger partial charge in [-0.05, 0) is 69.8 Å². The van der Waals surface area contributed by atoms with Crippen molar-refractivity contribution >= 4 is 38.9 Å². The van der Waals surface area contributed by atoms with E-state index in [9.17, 15) is 13.5 Å². The maximum atomic E-state index is 13.7. The Hall–Kier alpha value is -1.35. The minimum Gasteiger partial charge on any atom is -0.392 e. The Bertz CT molecular complexity index is 994. The Morgan fingerprint density at radius 2 is 1.66 bits per heavy atom. The number of benzene rings is 2. The highest BCUT2D eigenvalue weighted by atomic mass is 35.5. The molecule has 32 heavy (non-hydrogen) atoms. The third-order valence-corrected chi connectivity index (χ3v) is 8.35. The highest BCUT2D eigenvalue weighted by Gasteiger charge is 2.31. The van der Waals surface area contributed by atoms with E-state index in [2.05, 4.69) is 16.8 Å². The smallest absolute Gasteiger partial charge is 0.264 e. The second kappa shape index (κ2) is 11.2. The van der Waals surface area contributed by atoms with Crippen molar-refractivity contribution in [3.8, 4) is 0 Å². The van der Waals surface area contributed by atoms with Gasteiger partial charge in [-0.15, -0.1) is 0 Å². The summed E-state index contributed by atoms with van der Waals surface area (Å²) in [4.78, 5) is 4.88. The Morgan fingerprint density at radius 1 is 1.03 bits per heavy atom. The minimum absolute atomic E-state index is 0.150. The molecule has 0 saturated carbocycles. The zero-order valence-electron chi connectivity index (χ0n) is 18.5. The molecule has 1 fully saturated rings. The molecule has 1 heterocycles. The van der Waals surface area contributed by atoms with Crippen molar-refractivity contribution in [2.24, 2.45) is 0 Å². The van der Waals surface area contributed by atoms with Crippen molar-refractivity contribution in [1.82, 2.24) is 9.80 Å². The number of hydrogen-bond acceptors (Lipinski definition) is 5. The van der Waals surface area contributed by atoms with Gasteiger partial charge in [-0.25, -0.2) is 8.42 Å². The van der Waals surface area contributed by atoms with E-state index >= 15 is 0 Å². The summed E-state index contributed by atoms with van der Waals surface area (Å²) in [6, 6.07) is 10.7. The van der Waals surface area contributed by atoms with E-state index in [0.29, 0.717) is 27.7 Å². The van der Waals surface area contributed by atoms with Gasteiger partial charge in [0.15, 0.2) is 0 Å². The van der Waals surface area contributed by atoms with E-state index in [1.807, 2.05) is 6.92 Å². The standard InChI is InChI=1S/C23H31Cl2N3O3S/c1-18(4-3-11-27-14-12-26(2)13-15-27)28(23-16-21(25)6-5-19(23)17-29)32(30,31)22-9-7-20(24)8-10-22/h5-10,16,18,29H,3-4,11-15,17H2,1-2H3/t18-/m1/s1. The number of likely N-dealkylation sites (N-methyl/N-ethyl adjacent to an activating group) is 1. The lowest BCUT2D eigenvalue weighted by Gasteiger charge is -2.34. The molecular weight excluding hydrogens is 469 g/mol. The summed E-state index contributed by atoms with van der Waals surface area (Å²) in [7, 11) is -1.77. The molecule has 0 aromatic heterocycles. The van der Waals surface area contributed by atoms with Crippen molar-refractivity contribution in [1.29, 1.82) is 0 Å². The number of aliphatic hydroxyl groups is 1. The van der Waals surface area contributed by atoms with Crippen molar-refractivity contribution in [3.63, 3.8) is 0 Å². The predicted molar refractivity (Wildman–Crippen MR) is 131 cm³/mol. The maximum absolute atomic E-state index is 13.7. The fourth-order valence-electron chi connectivity index (χ4n) is 4.00. The number of rotatable bonds is 9. The lowest BCUT2D eigenvalue weighted by atomic mass is 10.1. The maximum Gasteiger partial charge on any atom is 0.264 e. The first-order valence-corrected chi connectivity index (χ1v) is 13.0. The number of hydrogen-bond donors (Lipinski definition) is 1. The molecule has 0 unspecified atom stereocenters. The Kier molecular flexibility index (Phi) is 8.83. The molecule has 0 spiro atoms. The first-order chi connectivity index (χ1) is 15.2. The zero-order chi connectivity index (χ0) is 23.3. The van der Waals surface area contributed by atoms with E-state index in [0.717, 1.165) is 39.1 Å². The van der Waals surface area contributed by atoms with Crippen molar-refractivity contribution < 1.29 is 13.5 Å². The minimum atomic E-state index is -3.90. The van der Waals surface area contributed by atoms with Crippen LogP contribution in [0.3, 0.4) is 0 Å². The molecule has 0 bridgehead atoms. The van der Waals surface area contributed by atoms with Gasteiger partial charge in [0.25, 0.3) is 10.0 Å². The Labute approximate surface area is 201 Å². The summed E-state index contributed by atoms with van der Waals surface area (Å²) in [6.07, 6.45) is 1.54. The van der Waals surface area contributed by atoms with Crippen LogP contribution in [0.25, 0.3) is 0 Å². The lowest BCUT2D eigenvalue weighted by Crippen LogP contribution is -2.45. The van der Waals surface area contributed by atoms with Crippen molar-refractivity contribution in [3.05, 3.63) is 58.1 Å². The number of halogens is 2. The highest BCUT2D eigenvalue weighted by Crippen LogP contribution is 2.33. The molecule has 6 nitrogen and oxygen atoms in total. The number of nitrogens with zero attached hydrogens (tertiary/aromatic N) is 3. The van der Waals surface area contributed by atoms with Gasteiger partial charge in [-0.3, -0.25) is 4.31 Å². The molecular formula is C23H31Cl2N3O3S. The van der Waals surface area contributed by atoms with E-state index < -0.39 is 10.0 Å². The summed E-state index contributed by atoms with van der Waals surface area (Å²) in [6.45, 7) is 6.70. The summed E-state index contributed by atoms with van der Waals surface area (Å²) in [5, 5.41) is 10.8. The molecule has 0 radical (unpaired) electrons. The second-order valence-electron chi connectivity index (χ2n) is 8.32. The molecule has 2 aromatic rings. The van der Waals surface area contributed by atoms with Crippen LogP contribution in [0, 0.1) is 0 Å². The molecule has 3 rings (SSSR count). The number of anilines is 1. The van der Waals surface area contributed by atoms with Gasteiger partial charge >= 0.3 is 0 Å². The van der Waals surface area contributed by atoms with Crippen LogP contribution in [0.1, 0.15) is 25.3 Å². The molecule has 1 N–H and O–H groups in total. The molecule has 1 aliphatic rings. The molecule has 1 aliphatic heterocycles. The third kappa shape index (κ3) is 6.16. The normalized spacial score (nSPS) is 16.8. The topological polar surface area (TPSA) is 64.1 Å². The third-order valence-electron chi connectivity index (χ3n) is 5.92. The van der Waals surface area contributed by atoms with Crippen LogP contribution < -0.4 is 4.31 Å². The predicted octanol–water partition coefficient (Wildman–Crippen LogP) is 4.10. The van der Waals surface area contributed by atoms with Crippen LogP contribution >= 0.6 is 23.2 Å². The van der Waals surface area contributed by atoms with Gasteiger partial charge < -0.3 is 14.9 Å². The summed E-state index contributed by atoms with van der Waals surface area (Å²) >= 11 is 12.2. The molecule has 9 heteroatoms. The van der Waals surface area contributed by atoms with E-state index in [-0.39, 0.29) is 17.5 Å². The van der Waals surface area contributed by atoms with E-state index in [1.54, 1.807) is 30.3 Å². The van der Waals surface area contributed by atoms with Gasteiger partial charge in [0, 0.05) is 47.8 Å². The number of sulfonamides is 1. The lowest BCUT2D eigenvalue weighted by molar-refractivity contribution is 0.151. The van der Waals surface area contributed by atoms with Crippen LogP contribution in [0.15, 0.2) is 47.4 Å². The fourth-order valence-corrected chi connectivity index (χ4v) is 6.01. The van der Waals surface area contributed by atoms with Crippen LogP contribution in [0.4, 0.5) is 5.69 Å². The van der Waals surface area contributed by atoms with E-state index in [1.165, 1.54) is 16.4 Å². The summed E-state index contributed by atoms with van der Waals surface area (Å²) in [5.74, 6) is 0. The van der Waals surface area contributed by atoms with Crippen molar-refractivity contribution in [2.45, 2.75) is 37.3 Å². The van der Waals surface area contributed by atoms with Crippen molar-refractivity contribution in [2.75, 3.05) is 44.1 Å². The fraction of sp³-hybridized carbons (Fsp3) is 0.478. The highest BCUT2D eigenvalue weighted by molar-refractivity contribution is 7.92. The van der Waals surface area contributed by atoms with Crippen LogP contribution in [-0.4, -0.2) is 69.1 Å². The first kappa shape index (κ1) is 25.3. The van der Waals surface area contributed by atoms with Gasteiger partial charge in [-0.1, -0.05) is 29.3 Å².